The number of hydrogen-bond donors (Lipinski definition) is 1. The average Bonchev–Trinajstić information content (AvgIpc) is 2.97. The van der Waals surface area contributed by atoms with E-state index in [1.54, 1.807) is 38.1 Å². The Bertz CT molecular complexity index is 1060. The number of carbonyl (C=O) groups excluding carboxylic acids is 4. The predicted octanol–water partition coefficient (Wildman–Crippen LogP) is 1.04. The van der Waals surface area contributed by atoms with E-state index in [1.165, 1.54) is 6.92 Å². The Morgan fingerprint density at radius 1 is 1.06 bits per heavy atom. The molecule has 0 aromatic heterocycles. The maximum absolute atomic E-state index is 14.0. The number of para-hydroxylation sites is 1. The number of hydrogen-bond acceptors (Lipinski definition) is 9. The molecule has 2 N–H and O–H groups in total. The van der Waals surface area contributed by atoms with Gasteiger partial charge >= 0.3 is 17.9 Å². The highest BCUT2D eigenvalue weighted by Crippen LogP contribution is 2.54. The van der Waals surface area contributed by atoms with Gasteiger partial charge in [0.15, 0.2) is 0 Å². The molecule has 0 saturated heterocycles. The van der Waals surface area contributed by atoms with E-state index in [4.69, 9.17) is 24.7 Å². The smallest absolute Gasteiger partial charge is 0.340 e. The Hall–Kier alpha value is -3.82. The van der Waals surface area contributed by atoms with E-state index >= 15 is 0 Å². The van der Waals surface area contributed by atoms with Crippen LogP contribution in [0.5, 0.6) is 0 Å². The minimum atomic E-state index is -2.02. The molecule has 1 amide bonds. The number of amides is 1. The van der Waals surface area contributed by atoms with Gasteiger partial charge < -0.3 is 24.7 Å². The Morgan fingerprint density at radius 3 is 2.34 bits per heavy atom. The molecule has 0 radical (unpaired) electrons. The number of anilines is 1. The van der Waals surface area contributed by atoms with Gasteiger partial charge in [0.05, 0.1) is 20.3 Å². The Morgan fingerprint density at radius 2 is 1.72 bits per heavy atom. The number of nitrogens with zero attached hydrogens (tertiary/aromatic N) is 1. The number of fused-ring (bicyclic) bond motifs is 2. The minimum Gasteiger partial charge on any atom is -0.465 e. The lowest BCUT2D eigenvalue weighted by atomic mass is 9.67. The number of esters is 3. The fourth-order valence-electron chi connectivity index (χ4n) is 4.13. The van der Waals surface area contributed by atoms with Crippen LogP contribution in [0.3, 0.4) is 0 Å². The molecule has 10 nitrogen and oxygen atoms in total. The highest BCUT2D eigenvalue weighted by Gasteiger charge is 2.64. The molecular weight excluding hydrogens is 420 g/mol. The largest absolute Gasteiger partial charge is 0.465 e. The molecule has 1 aromatic rings. The molecule has 3 rings (SSSR count). The van der Waals surface area contributed by atoms with E-state index in [-0.39, 0.29) is 41.6 Å². The normalized spacial score (nSPS) is 19.6. The van der Waals surface area contributed by atoms with Crippen LogP contribution in [0.1, 0.15) is 26.3 Å². The molecular formula is C22H24N2O8. The molecule has 2 aliphatic heterocycles. The number of rotatable bonds is 6. The summed E-state index contributed by atoms with van der Waals surface area (Å²) >= 11 is 0. The quantitative estimate of drug-likeness (QED) is 0.504. The van der Waals surface area contributed by atoms with Crippen LogP contribution in [0, 0.1) is 0 Å². The standard InChI is InChI=1S/C22H24N2O8/c1-5-30-15(25)11-24-14-10-8-7-9-13(14)22(21(24)28)16(20(27)31-6-2)12(3)32-18(23)17(22)19(26)29-4/h7-10H,5-6,11,23H2,1-4H3/t22-/m0/s1. The van der Waals surface area contributed by atoms with Crippen LogP contribution in [0.25, 0.3) is 0 Å². The first-order chi connectivity index (χ1) is 15.2. The van der Waals surface area contributed by atoms with E-state index < -0.39 is 35.8 Å². The molecule has 170 valence electrons. The fourth-order valence-corrected chi connectivity index (χ4v) is 4.13. The van der Waals surface area contributed by atoms with Gasteiger partial charge in [-0.2, -0.15) is 0 Å². The number of benzene rings is 1. The molecule has 1 aromatic carbocycles. The highest BCUT2D eigenvalue weighted by atomic mass is 16.5. The molecule has 32 heavy (non-hydrogen) atoms. The third kappa shape index (κ3) is 3.28. The fraction of sp³-hybridized carbons (Fsp3) is 0.364. The zero-order valence-electron chi connectivity index (χ0n) is 18.2. The Labute approximate surface area is 184 Å². The first-order valence-electron chi connectivity index (χ1n) is 9.97. The van der Waals surface area contributed by atoms with Crippen molar-refractivity contribution >= 4 is 29.5 Å². The van der Waals surface area contributed by atoms with Gasteiger partial charge in [-0.15, -0.1) is 0 Å². The van der Waals surface area contributed by atoms with Crippen molar-refractivity contribution in [3.63, 3.8) is 0 Å². The molecule has 2 aliphatic rings. The minimum absolute atomic E-state index is 0.00487. The molecule has 0 aliphatic carbocycles. The predicted molar refractivity (Wildman–Crippen MR) is 111 cm³/mol. The second-order valence-corrected chi connectivity index (χ2v) is 6.95. The maximum atomic E-state index is 14.0. The van der Waals surface area contributed by atoms with Gasteiger partial charge in [0, 0.05) is 11.3 Å². The van der Waals surface area contributed by atoms with Crippen LogP contribution in [-0.4, -0.2) is 50.7 Å². The zero-order valence-corrected chi connectivity index (χ0v) is 18.2. The number of nitrogens with two attached hydrogens (primary N) is 1. The molecule has 1 atom stereocenters. The van der Waals surface area contributed by atoms with Crippen LogP contribution in [-0.2, 0) is 43.5 Å². The monoisotopic (exact) mass is 444 g/mol. The van der Waals surface area contributed by atoms with Crippen LogP contribution in [0.4, 0.5) is 5.69 Å². The Balaban J connectivity index is 2.36. The highest BCUT2D eigenvalue weighted by molar-refractivity contribution is 6.23. The summed E-state index contributed by atoms with van der Waals surface area (Å²) in [4.78, 5) is 53.4. The summed E-state index contributed by atoms with van der Waals surface area (Å²) in [7, 11) is 1.12. The molecule has 10 heteroatoms. The first-order valence-corrected chi connectivity index (χ1v) is 9.97. The summed E-state index contributed by atoms with van der Waals surface area (Å²) in [6.45, 7) is 4.39. The number of ether oxygens (including phenoxy) is 4. The summed E-state index contributed by atoms with van der Waals surface area (Å²) in [5.41, 5.74) is 4.05. The molecule has 1 spiro atoms. The van der Waals surface area contributed by atoms with E-state index in [2.05, 4.69) is 0 Å². The molecule has 2 heterocycles. The van der Waals surface area contributed by atoms with Crippen molar-refractivity contribution in [3.8, 4) is 0 Å². The third-order valence-corrected chi connectivity index (χ3v) is 5.24. The molecule has 0 saturated carbocycles. The van der Waals surface area contributed by atoms with E-state index in [0.717, 1.165) is 12.0 Å². The second-order valence-electron chi connectivity index (χ2n) is 6.95. The summed E-state index contributed by atoms with van der Waals surface area (Å²) in [5.74, 6) is -3.62. The van der Waals surface area contributed by atoms with Crippen molar-refractivity contribution in [2.75, 3.05) is 31.8 Å². The van der Waals surface area contributed by atoms with Crippen LogP contribution in [0.2, 0.25) is 0 Å². The van der Waals surface area contributed by atoms with Gasteiger partial charge in [-0.1, -0.05) is 18.2 Å². The number of methoxy groups -OCH3 is 1. The van der Waals surface area contributed by atoms with Crippen LogP contribution in [0.15, 0.2) is 47.1 Å². The van der Waals surface area contributed by atoms with Gasteiger partial charge in [0.1, 0.15) is 28.9 Å². The maximum Gasteiger partial charge on any atom is 0.340 e. The third-order valence-electron chi connectivity index (χ3n) is 5.24. The molecule has 0 unspecified atom stereocenters. The molecule has 0 fully saturated rings. The van der Waals surface area contributed by atoms with Crippen LogP contribution >= 0.6 is 0 Å². The average molecular weight is 444 g/mol. The second kappa shape index (κ2) is 8.74. The van der Waals surface area contributed by atoms with Crippen molar-refractivity contribution in [2.24, 2.45) is 5.73 Å². The SMILES string of the molecule is CCOC(=O)CN1C(=O)[C@]2(C(C(=O)OCC)=C(C)OC(N)=C2C(=O)OC)c2ccccc21. The van der Waals surface area contributed by atoms with Crippen molar-refractivity contribution < 1.29 is 38.1 Å². The summed E-state index contributed by atoms with van der Waals surface area (Å²) in [6, 6.07) is 6.47. The van der Waals surface area contributed by atoms with Crippen molar-refractivity contribution in [1.82, 2.24) is 0 Å². The van der Waals surface area contributed by atoms with Gasteiger partial charge in [-0.25, -0.2) is 9.59 Å². The van der Waals surface area contributed by atoms with E-state index in [1.807, 2.05) is 0 Å². The van der Waals surface area contributed by atoms with Crippen molar-refractivity contribution in [3.05, 3.63) is 52.6 Å². The van der Waals surface area contributed by atoms with Crippen molar-refractivity contribution in [1.29, 1.82) is 0 Å². The summed E-state index contributed by atoms with van der Waals surface area (Å²) < 4.78 is 20.6. The summed E-state index contributed by atoms with van der Waals surface area (Å²) in [5, 5.41) is 0. The van der Waals surface area contributed by atoms with Gasteiger partial charge in [0.25, 0.3) is 0 Å². The van der Waals surface area contributed by atoms with Gasteiger partial charge in [-0.05, 0) is 26.8 Å². The lowest BCUT2D eigenvalue weighted by molar-refractivity contribution is -0.143. The van der Waals surface area contributed by atoms with Gasteiger partial charge in [0.2, 0.25) is 11.8 Å². The van der Waals surface area contributed by atoms with E-state index in [0.29, 0.717) is 5.69 Å². The van der Waals surface area contributed by atoms with Gasteiger partial charge in [-0.3, -0.25) is 14.5 Å². The Kier molecular flexibility index (Phi) is 6.24. The first kappa shape index (κ1) is 22.9. The zero-order chi connectivity index (χ0) is 23.6. The number of allylic oxidation sites excluding steroid dienone is 1. The summed E-state index contributed by atoms with van der Waals surface area (Å²) in [6.07, 6.45) is 0. The lowest BCUT2D eigenvalue weighted by Gasteiger charge is -2.36. The van der Waals surface area contributed by atoms with Crippen LogP contribution < -0.4 is 10.6 Å². The topological polar surface area (TPSA) is 134 Å². The van der Waals surface area contributed by atoms with E-state index in [9.17, 15) is 19.2 Å². The molecule has 0 bridgehead atoms. The lowest BCUT2D eigenvalue weighted by Crippen LogP contribution is -2.51. The number of carbonyl (C=O) groups is 4. The van der Waals surface area contributed by atoms with Crippen molar-refractivity contribution in [2.45, 2.75) is 26.2 Å².